The van der Waals surface area contributed by atoms with Crippen LogP contribution in [0.1, 0.15) is 25.7 Å². The van der Waals surface area contributed by atoms with Gasteiger partial charge in [0.2, 0.25) is 0 Å². The molecule has 1 fully saturated rings. The summed E-state index contributed by atoms with van der Waals surface area (Å²) in [5, 5.41) is 0.514. The molecule has 0 atom stereocenters. The van der Waals surface area contributed by atoms with Crippen molar-refractivity contribution in [1.82, 2.24) is 0 Å². The van der Waals surface area contributed by atoms with Gasteiger partial charge in [-0.3, -0.25) is 4.18 Å². The Morgan fingerprint density at radius 3 is 2.25 bits per heavy atom. The van der Waals surface area contributed by atoms with Crippen LogP contribution in [0.15, 0.2) is 29.2 Å². The first-order valence-corrected chi connectivity index (χ1v) is 7.05. The predicted octanol–water partition coefficient (Wildman–Crippen LogP) is 2.99. The van der Waals surface area contributed by atoms with Gasteiger partial charge in [0.25, 0.3) is 10.1 Å². The van der Waals surface area contributed by atoms with Gasteiger partial charge in [0, 0.05) is 5.02 Å². The van der Waals surface area contributed by atoms with E-state index in [1.807, 2.05) is 0 Å². The van der Waals surface area contributed by atoms with Crippen LogP contribution in [0.3, 0.4) is 0 Å². The van der Waals surface area contributed by atoms with Crippen molar-refractivity contribution in [2.45, 2.75) is 36.7 Å². The van der Waals surface area contributed by atoms with E-state index >= 15 is 0 Å². The summed E-state index contributed by atoms with van der Waals surface area (Å²) in [6.07, 6.45) is 3.59. The summed E-state index contributed by atoms with van der Waals surface area (Å²) in [5.41, 5.74) is 0. The summed E-state index contributed by atoms with van der Waals surface area (Å²) in [6, 6.07) is 6.03. The van der Waals surface area contributed by atoms with Crippen LogP contribution in [-0.4, -0.2) is 14.5 Å². The van der Waals surface area contributed by atoms with Crippen molar-refractivity contribution >= 4 is 21.7 Å². The molecule has 0 amide bonds. The third-order valence-electron chi connectivity index (χ3n) is 2.67. The van der Waals surface area contributed by atoms with Gasteiger partial charge in [-0.2, -0.15) is 8.42 Å². The van der Waals surface area contributed by atoms with E-state index in [1.165, 1.54) is 12.1 Å². The van der Waals surface area contributed by atoms with Crippen LogP contribution in [0, 0.1) is 0 Å². The van der Waals surface area contributed by atoms with Crippen molar-refractivity contribution in [3.8, 4) is 0 Å². The fourth-order valence-corrected chi connectivity index (χ4v) is 3.08. The Kier molecular flexibility index (Phi) is 3.52. The van der Waals surface area contributed by atoms with Gasteiger partial charge in [-0.05, 0) is 37.1 Å². The fraction of sp³-hybridized carbons (Fsp3) is 0.455. The summed E-state index contributed by atoms with van der Waals surface area (Å²) >= 11 is 5.70. The number of halogens is 1. The summed E-state index contributed by atoms with van der Waals surface area (Å²) in [5.74, 6) is 0. The second-order valence-corrected chi connectivity index (χ2v) is 5.92. The Balaban J connectivity index is 2.14. The van der Waals surface area contributed by atoms with Crippen LogP contribution < -0.4 is 0 Å². The molecule has 3 nitrogen and oxygen atoms in total. The lowest BCUT2D eigenvalue weighted by Gasteiger charge is -2.10. The Labute approximate surface area is 101 Å². The molecule has 0 N–H and O–H groups in total. The van der Waals surface area contributed by atoms with Crippen LogP contribution in [-0.2, 0) is 14.3 Å². The van der Waals surface area contributed by atoms with Crippen LogP contribution in [0.2, 0.25) is 5.02 Å². The molecule has 0 spiro atoms. The fourth-order valence-electron chi connectivity index (χ4n) is 1.82. The summed E-state index contributed by atoms with van der Waals surface area (Å²) in [6.45, 7) is 0. The molecule has 88 valence electrons. The summed E-state index contributed by atoms with van der Waals surface area (Å²) < 4.78 is 28.8. The van der Waals surface area contributed by atoms with Crippen LogP contribution in [0.4, 0.5) is 0 Å². The van der Waals surface area contributed by atoms with Gasteiger partial charge >= 0.3 is 0 Å². The average Bonchev–Trinajstić information content (AvgIpc) is 2.70. The molecule has 0 aliphatic heterocycles. The molecular formula is C11H13ClO3S. The van der Waals surface area contributed by atoms with Gasteiger partial charge in [0.1, 0.15) is 0 Å². The molecule has 0 radical (unpaired) electrons. The molecule has 0 bridgehead atoms. The molecule has 1 aliphatic rings. The van der Waals surface area contributed by atoms with Gasteiger partial charge in [-0.25, -0.2) is 0 Å². The number of hydrogen-bond donors (Lipinski definition) is 0. The Hall–Kier alpha value is -0.580. The molecule has 16 heavy (non-hydrogen) atoms. The number of hydrogen-bond acceptors (Lipinski definition) is 3. The standard InChI is InChI=1S/C11H13ClO3S/c12-9-5-7-11(8-6-9)16(13,14)15-10-3-1-2-4-10/h5-8,10H,1-4H2. The largest absolute Gasteiger partial charge is 0.297 e. The topological polar surface area (TPSA) is 43.4 Å². The first-order chi connectivity index (χ1) is 7.58. The van der Waals surface area contributed by atoms with E-state index in [0.717, 1.165) is 25.7 Å². The summed E-state index contributed by atoms with van der Waals surface area (Å²) in [4.78, 5) is 0.170. The lowest BCUT2D eigenvalue weighted by Crippen LogP contribution is -2.15. The third kappa shape index (κ3) is 2.75. The molecule has 1 aliphatic carbocycles. The highest BCUT2D eigenvalue weighted by Crippen LogP contribution is 2.25. The van der Waals surface area contributed by atoms with E-state index in [2.05, 4.69) is 0 Å². The molecule has 1 aromatic carbocycles. The Morgan fingerprint density at radius 2 is 1.69 bits per heavy atom. The van der Waals surface area contributed by atoms with Gasteiger partial charge < -0.3 is 0 Å². The van der Waals surface area contributed by atoms with E-state index in [-0.39, 0.29) is 11.0 Å². The van der Waals surface area contributed by atoms with E-state index in [9.17, 15) is 8.42 Å². The SMILES string of the molecule is O=S(=O)(OC1CCCC1)c1ccc(Cl)cc1. The lowest BCUT2D eigenvalue weighted by molar-refractivity contribution is 0.217. The highest BCUT2D eigenvalue weighted by molar-refractivity contribution is 7.86. The Morgan fingerprint density at radius 1 is 1.12 bits per heavy atom. The van der Waals surface area contributed by atoms with E-state index < -0.39 is 10.1 Å². The molecule has 2 rings (SSSR count). The van der Waals surface area contributed by atoms with E-state index in [0.29, 0.717) is 5.02 Å². The van der Waals surface area contributed by atoms with Crippen LogP contribution >= 0.6 is 11.6 Å². The van der Waals surface area contributed by atoms with Gasteiger partial charge in [-0.1, -0.05) is 24.4 Å². The number of benzene rings is 1. The van der Waals surface area contributed by atoms with Crippen molar-refractivity contribution in [3.05, 3.63) is 29.3 Å². The maximum Gasteiger partial charge on any atom is 0.297 e. The maximum atomic E-state index is 11.8. The normalized spacial score (nSPS) is 17.8. The maximum absolute atomic E-state index is 11.8. The monoisotopic (exact) mass is 260 g/mol. The van der Waals surface area contributed by atoms with E-state index in [4.69, 9.17) is 15.8 Å². The lowest BCUT2D eigenvalue weighted by atomic mass is 10.3. The Bertz CT molecular complexity index is 447. The molecule has 1 aromatic rings. The third-order valence-corrected chi connectivity index (χ3v) is 4.29. The average molecular weight is 261 g/mol. The highest BCUT2D eigenvalue weighted by Gasteiger charge is 2.24. The van der Waals surface area contributed by atoms with Gasteiger partial charge in [0.15, 0.2) is 0 Å². The molecule has 1 saturated carbocycles. The zero-order valence-corrected chi connectivity index (χ0v) is 10.3. The minimum atomic E-state index is -3.62. The van der Waals surface area contributed by atoms with Gasteiger partial charge in [0.05, 0.1) is 11.0 Å². The first-order valence-electron chi connectivity index (χ1n) is 5.27. The van der Waals surface area contributed by atoms with Crippen molar-refractivity contribution in [2.75, 3.05) is 0 Å². The van der Waals surface area contributed by atoms with Crippen LogP contribution in [0.25, 0.3) is 0 Å². The van der Waals surface area contributed by atoms with Crippen molar-refractivity contribution in [3.63, 3.8) is 0 Å². The molecule has 0 unspecified atom stereocenters. The van der Waals surface area contributed by atoms with Crippen molar-refractivity contribution in [2.24, 2.45) is 0 Å². The summed E-state index contributed by atoms with van der Waals surface area (Å²) in [7, 11) is -3.62. The molecule has 5 heteroatoms. The second-order valence-electron chi connectivity index (χ2n) is 3.91. The first kappa shape index (κ1) is 11.9. The van der Waals surface area contributed by atoms with Gasteiger partial charge in [-0.15, -0.1) is 0 Å². The predicted molar refractivity (Wildman–Crippen MR) is 62.0 cm³/mol. The molecule has 0 aromatic heterocycles. The van der Waals surface area contributed by atoms with Crippen molar-refractivity contribution < 1.29 is 12.6 Å². The zero-order valence-electron chi connectivity index (χ0n) is 8.73. The van der Waals surface area contributed by atoms with E-state index in [1.54, 1.807) is 12.1 Å². The molecule has 0 heterocycles. The van der Waals surface area contributed by atoms with Crippen molar-refractivity contribution in [1.29, 1.82) is 0 Å². The molecule has 0 saturated heterocycles. The highest BCUT2D eigenvalue weighted by atomic mass is 35.5. The quantitative estimate of drug-likeness (QED) is 0.785. The smallest absolute Gasteiger partial charge is 0.263 e. The minimum Gasteiger partial charge on any atom is -0.263 e. The second kappa shape index (κ2) is 4.73. The minimum absolute atomic E-state index is 0.152. The number of rotatable bonds is 3. The molecular weight excluding hydrogens is 248 g/mol. The van der Waals surface area contributed by atoms with Crippen LogP contribution in [0.5, 0.6) is 0 Å². The zero-order chi connectivity index (χ0) is 11.6.